The molecular formula is C14H24NO+. The first-order valence-corrected chi connectivity index (χ1v) is 6.04. The van der Waals surface area contributed by atoms with Crippen LogP contribution in [0.15, 0.2) is 30.3 Å². The lowest BCUT2D eigenvalue weighted by Crippen LogP contribution is -2.50. The lowest BCUT2D eigenvalue weighted by Gasteiger charge is -2.38. The summed E-state index contributed by atoms with van der Waals surface area (Å²) in [6.07, 6.45) is 0.751. The summed E-state index contributed by atoms with van der Waals surface area (Å²) in [4.78, 5) is 0. The van der Waals surface area contributed by atoms with Crippen LogP contribution in [0.4, 0.5) is 0 Å². The predicted octanol–water partition coefficient (Wildman–Crippen LogP) is 2.59. The minimum absolute atomic E-state index is 0.211. The van der Waals surface area contributed by atoms with Crippen molar-refractivity contribution in [2.45, 2.75) is 32.4 Å². The largest absolute Gasteiger partial charge is 0.382 e. The quantitative estimate of drug-likeness (QED) is 0.759. The monoisotopic (exact) mass is 222 g/mol. The molecule has 1 N–H and O–H groups in total. The maximum absolute atomic E-state index is 10.3. The fraction of sp³-hybridized carbons (Fsp3) is 0.571. The van der Waals surface area contributed by atoms with Gasteiger partial charge < -0.3 is 9.59 Å². The van der Waals surface area contributed by atoms with E-state index in [0.29, 0.717) is 0 Å². The number of rotatable bonds is 5. The number of quaternary nitrogens is 1. The first-order valence-electron chi connectivity index (χ1n) is 6.04. The number of likely N-dealkylation sites (N-methyl/N-ethyl adjacent to an activating group) is 1. The summed E-state index contributed by atoms with van der Waals surface area (Å²) in [6, 6.07) is 10.1. The van der Waals surface area contributed by atoms with Crippen LogP contribution in [0, 0.1) is 0 Å². The number of aliphatic hydroxyl groups excluding tert-OH is 1. The van der Waals surface area contributed by atoms with E-state index >= 15 is 0 Å². The average Bonchev–Trinajstić information content (AvgIpc) is 2.28. The summed E-state index contributed by atoms with van der Waals surface area (Å²) < 4.78 is 0.854. The maximum Gasteiger partial charge on any atom is 0.130 e. The van der Waals surface area contributed by atoms with Gasteiger partial charge in [0.15, 0.2) is 0 Å². The second-order valence-electron chi connectivity index (χ2n) is 5.10. The van der Waals surface area contributed by atoms with Crippen LogP contribution in [-0.4, -0.2) is 36.3 Å². The zero-order valence-electron chi connectivity index (χ0n) is 10.9. The van der Waals surface area contributed by atoms with Gasteiger partial charge in [0.05, 0.1) is 20.6 Å². The van der Waals surface area contributed by atoms with E-state index in [9.17, 15) is 5.11 Å². The minimum Gasteiger partial charge on any atom is -0.382 e. The van der Waals surface area contributed by atoms with Gasteiger partial charge in [-0.05, 0) is 18.9 Å². The van der Waals surface area contributed by atoms with Gasteiger partial charge >= 0.3 is 0 Å². The highest BCUT2D eigenvalue weighted by molar-refractivity contribution is 5.18. The molecule has 0 aliphatic carbocycles. The molecule has 2 heteroatoms. The summed E-state index contributed by atoms with van der Waals surface area (Å²) in [7, 11) is 4.36. The highest BCUT2D eigenvalue weighted by atomic mass is 16.3. The first kappa shape index (κ1) is 13.2. The predicted molar refractivity (Wildman–Crippen MR) is 68.1 cm³/mol. The Kier molecular flexibility index (Phi) is 4.51. The van der Waals surface area contributed by atoms with Crippen molar-refractivity contribution < 1.29 is 9.59 Å². The molecular weight excluding hydrogens is 198 g/mol. The SMILES string of the molecule is CCC[N+](C)(C)C(C)C(O)c1ccccc1. The fourth-order valence-corrected chi connectivity index (χ4v) is 2.09. The molecule has 0 heterocycles. The van der Waals surface area contributed by atoms with E-state index in [1.165, 1.54) is 0 Å². The van der Waals surface area contributed by atoms with E-state index in [-0.39, 0.29) is 12.1 Å². The molecule has 0 bridgehead atoms. The van der Waals surface area contributed by atoms with E-state index in [1.807, 2.05) is 30.3 Å². The Labute approximate surface area is 99.1 Å². The lowest BCUT2D eigenvalue weighted by atomic mass is 10.0. The van der Waals surface area contributed by atoms with Crippen LogP contribution < -0.4 is 0 Å². The minimum atomic E-state index is -0.386. The highest BCUT2D eigenvalue weighted by Crippen LogP contribution is 2.23. The van der Waals surface area contributed by atoms with Gasteiger partial charge in [-0.1, -0.05) is 37.3 Å². The van der Waals surface area contributed by atoms with Gasteiger partial charge in [0.2, 0.25) is 0 Å². The van der Waals surface area contributed by atoms with Crippen LogP contribution in [0.3, 0.4) is 0 Å². The fourth-order valence-electron chi connectivity index (χ4n) is 2.09. The Morgan fingerprint density at radius 3 is 2.25 bits per heavy atom. The smallest absolute Gasteiger partial charge is 0.130 e. The number of hydrogen-bond donors (Lipinski definition) is 1. The number of benzene rings is 1. The average molecular weight is 222 g/mol. The third-order valence-corrected chi connectivity index (χ3v) is 3.50. The summed E-state index contributed by atoms with van der Waals surface area (Å²) >= 11 is 0. The topological polar surface area (TPSA) is 20.2 Å². The van der Waals surface area contributed by atoms with Crippen molar-refractivity contribution >= 4 is 0 Å². The molecule has 0 aliphatic heterocycles. The lowest BCUT2D eigenvalue weighted by molar-refractivity contribution is -0.917. The molecule has 0 saturated carbocycles. The highest BCUT2D eigenvalue weighted by Gasteiger charge is 2.30. The van der Waals surface area contributed by atoms with Gasteiger partial charge in [-0.3, -0.25) is 0 Å². The molecule has 0 aliphatic rings. The van der Waals surface area contributed by atoms with Crippen LogP contribution >= 0.6 is 0 Å². The summed E-state index contributed by atoms with van der Waals surface area (Å²) in [5.41, 5.74) is 1.01. The summed E-state index contributed by atoms with van der Waals surface area (Å²) in [5, 5.41) is 10.3. The molecule has 0 radical (unpaired) electrons. The maximum atomic E-state index is 10.3. The first-order chi connectivity index (χ1) is 7.49. The molecule has 0 spiro atoms. The molecule has 2 atom stereocenters. The van der Waals surface area contributed by atoms with Crippen LogP contribution in [0.2, 0.25) is 0 Å². The number of nitrogens with zero attached hydrogens (tertiary/aromatic N) is 1. The van der Waals surface area contributed by atoms with Crippen molar-refractivity contribution in [3.8, 4) is 0 Å². The number of hydrogen-bond acceptors (Lipinski definition) is 1. The van der Waals surface area contributed by atoms with Crippen molar-refractivity contribution in [2.24, 2.45) is 0 Å². The van der Waals surface area contributed by atoms with Crippen molar-refractivity contribution in [3.63, 3.8) is 0 Å². The summed E-state index contributed by atoms with van der Waals surface area (Å²) in [5.74, 6) is 0. The Hall–Kier alpha value is -0.860. The van der Waals surface area contributed by atoms with Crippen molar-refractivity contribution in [1.29, 1.82) is 0 Å². The molecule has 1 aromatic carbocycles. The molecule has 0 amide bonds. The molecule has 0 aromatic heterocycles. The van der Waals surface area contributed by atoms with E-state index in [4.69, 9.17) is 0 Å². The van der Waals surface area contributed by atoms with E-state index in [1.54, 1.807) is 0 Å². The molecule has 90 valence electrons. The Morgan fingerprint density at radius 1 is 1.19 bits per heavy atom. The van der Waals surface area contributed by atoms with E-state index in [2.05, 4.69) is 27.9 Å². The molecule has 2 unspecified atom stereocenters. The van der Waals surface area contributed by atoms with Gasteiger partial charge in [-0.25, -0.2) is 0 Å². The third kappa shape index (κ3) is 3.06. The zero-order valence-corrected chi connectivity index (χ0v) is 10.9. The van der Waals surface area contributed by atoms with Crippen molar-refractivity contribution in [2.75, 3.05) is 20.6 Å². The molecule has 0 saturated heterocycles. The summed E-state index contributed by atoms with van der Waals surface area (Å²) in [6.45, 7) is 5.39. The molecule has 2 nitrogen and oxygen atoms in total. The zero-order chi connectivity index (χ0) is 12.2. The van der Waals surface area contributed by atoms with Crippen LogP contribution in [0.5, 0.6) is 0 Å². The van der Waals surface area contributed by atoms with Gasteiger partial charge in [-0.2, -0.15) is 0 Å². The van der Waals surface area contributed by atoms with E-state index < -0.39 is 0 Å². The normalized spacial score (nSPS) is 15.8. The molecule has 1 aromatic rings. The van der Waals surface area contributed by atoms with Crippen LogP contribution in [0.1, 0.15) is 31.9 Å². The number of aliphatic hydroxyl groups is 1. The second-order valence-corrected chi connectivity index (χ2v) is 5.10. The molecule has 0 fully saturated rings. The van der Waals surface area contributed by atoms with E-state index in [0.717, 1.165) is 23.0 Å². The van der Waals surface area contributed by atoms with Gasteiger partial charge in [0.1, 0.15) is 12.1 Å². The molecule has 16 heavy (non-hydrogen) atoms. The standard InChI is InChI=1S/C14H24NO/c1-5-11-15(3,4)12(2)14(16)13-9-7-6-8-10-13/h6-10,12,14,16H,5,11H2,1-4H3/q+1. The Balaban J connectivity index is 2.78. The van der Waals surface area contributed by atoms with Crippen molar-refractivity contribution in [1.82, 2.24) is 0 Å². The Bertz CT molecular complexity index is 308. The van der Waals surface area contributed by atoms with Gasteiger partial charge in [0.25, 0.3) is 0 Å². The second kappa shape index (κ2) is 5.46. The Morgan fingerprint density at radius 2 is 1.75 bits per heavy atom. The van der Waals surface area contributed by atoms with Crippen LogP contribution in [0.25, 0.3) is 0 Å². The third-order valence-electron chi connectivity index (χ3n) is 3.50. The van der Waals surface area contributed by atoms with Gasteiger partial charge in [-0.15, -0.1) is 0 Å². The van der Waals surface area contributed by atoms with Crippen molar-refractivity contribution in [3.05, 3.63) is 35.9 Å². The van der Waals surface area contributed by atoms with Gasteiger partial charge in [0, 0.05) is 0 Å². The van der Waals surface area contributed by atoms with Crippen LogP contribution in [-0.2, 0) is 0 Å². The molecule has 1 rings (SSSR count).